The lowest BCUT2D eigenvalue weighted by Gasteiger charge is -2.18. The van der Waals surface area contributed by atoms with Gasteiger partial charge in [0.1, 0.15) is 0 Å². The molecule has 0 atom stereocenters. The normalized spacial score (nSPS) is 14.5. The highest BCUT2D eigenvalue weighted by atomic mass is 79.9. The van der Waals surface area contributed by atoms with Crippen LogP contribution in [0.1, 0.15) is 23.2 Å². The minimum atomic E-state index is -3.78. The number of carbonyl (C=O) groups excluding carboxylic acids is 1. The molecular weight excluding hydrogens is 436 g/mol. The molecule has 0 saturated carbocycles. The zero-order valence-electron chi connectivity index (χ0n) is 14.2. The predicted molar refractivity (Wildman–Crippen MR) is 108 cm³/mol. The summed E-state index contributed by atoms with van der Waals surface area (Å²) in [5.41, 5.74) is 0.910. The molecule has 0 radical (unpaired) electrons. The van der Waals surface area contributed by atoms with E-state index in [2.05, 4.69) is 20.7 Å². The highest BCUT2D eigenvalue weighted by Gasteiger charge is 2.24. The topological polar surface area (TPSA) is 66.5 Å². The number of hydrogen-bond acceptors (Lipinski definition) is 4. The van der Waals surface area contributed by atoms with E-state index in [9.17, 15) is 13.2 Å². The summed E-state index contributed by atoms with van der Waals surface area (Å²) < 4.78 is 28.9. The van der Waals surface area contributed by atoms with Gasteiger partial charge in [0.25, 0.3) is 15.9 Å². The molecule has 1 aliphatic rings. The van der Waals surface area contributed by atoms with E-state index in [-0.39, 0.29) is 10.8 Å². The molecule has 0 unspecified atom stereocenters. The second kappa shape index (κ2) is 8.02. The van der Waals surface area contributed by atoms with Crippen molar-refractivity contribution in [3.8, 4) is 0 Å². The highest BCUT2D eigenvalue weighted by molar-refractivity contribution is 9.10. The van der Waals surface area contributed by atoms with E-state index in [1.807, 2.05) is 6.26 Å². The summed E-state index contributed by atoms with van der Waals surface area (Å²) in [4.78, 5) is 15.4. The zero-order chi connectivity index (χ0) is 18.7. The van der Waals surface area contributed by atoms with Crippen molar-refractivity contribution in [2.75, 3.05) is 24.1 Å². The van der Waals surface area contributed by atoms with Crippen LogP contribution in [-0.4, -0.2) is 38.6 Å². The van der Waals surface area contributed by atoms with Crippen molar-refractivity contribution in [2.45, 2.75) is 22.6 Å². The van der Waals surface area contributed by atoms with Crippen LogP contribution in [-0.2, 0) is 10.0 Å². The van der Waals surface area contributed by atoms with Crippen molar-refractivity contribution in [3.05, 3.63) is 52.5 Å². The number of nitrogens with zero attached hydrogens (tertiary/aromatic N) is 1. The number of thioether (sulfide) groups is 1. The number of anilines is 1. The summed E-state index contributed by atoms with van der Waals surface area (Å²) in [6.45, 7) is 1.45. The fraction of sp³-hybridized carbons (Fsp3) is 0.278. The number of rotatable bonds is 5. The smallest absolute Gasteiger partial charge is 0.261 e. The summed E-state index contributed by atoms with van der Waals surface area (Å²) in [7, 11) is -3.78. The monoisotopic (exact) mass is 454 g/mol. The van der Waals surface area contributed by atoms with Crippen LogP contribution in [0.3, 0.4) is 0 Å². The Labute approximate surface area is 166 Å². The molecule has 1 N–H and O–H groups in total. The van der Waals surface area contributed by atoms with E-state index in [1.54, 1.807) is 35.2 Å². The lowest BCUT2D eigenvalue weighted by Crippen LogP contribution is -2.28. The van der Waals surface area contributed by atoms with Crippen molar-refractivity contribution < 1.29 is 13.2 Å². The molecular formula is C18H19BrN2O3S2. The average Bonchev–Trinajstić information content (AvgIpc) is 3.17. The molecule has 0 aliphatic carbocycles. The second-order valence-electron chi connectivity index (χ2n) is 5.97. The van der Waals surface area contributed by atoms with E-state index < -0.39 is 10.0 Å². The Balaban J connectivity index is 1.92. The van der Waals surface area contributed by atoms with Crippen LogP contribution < -0.4 is 4.72 Å². The molecule has 26 heavy (non-hydrogen) atoms. The Hall–Kier alpha value is -1.51. The van der Waals surface area contributed by atoms with Gasteiger partial charge >= 0.3 is 0 Å². The molecule has 1 amide bonds. The standard InChI is InChI=1S/C18H19BrN2O3S2/c1-25-17-9-8-15(12-16(17)18(22)21-10-2-3-11-21)26(23,24)20-14-6-4-13(19)5-7-14/h4-9,12,20H,2-3,10-11H2,1H3. The van der Waals surface area contributed by atoms with Gasteiger partial charge < -0.3 is 4.90 Å². The summed E-state index contributed by atoms with van der Waals surface area (Å²) in [5, 5.41) is 0. The Morgan fingerprint density at radius 3 is 2.38 bits per heavy atom. The number of carbonyl (C=O) groups is 1. The Bertz CT molecular complexity index is 909. The fourth-order valence-electron chi connectivity index (χ4n) is 2.84. The summed E-state index contributed by atoms with van der Waals surface area (Å²) in [6, 6.07) is 11.6. The van der Waals surface area contributed by atoms with Crippen molar-refractivity contribution >= 4 is 49.3 Å². The lowest BCUT2D eigenvalue weighted by atomic mass is 10.2. The van der Waals surface area contributed by atoms with E-state index in [0.29, 0.717) is 11.3 Å². The first-order chi connectivity index (χ1) is 12.4. The predicted octanol–water partition coefficient (Wildman–Crippen LogP) is 4.21. The van der Waals surface area contributed by atoms with Gasteiger partial charge in [-0.1, -0.05) is 15.9 Å². The number of amides is 1. The van der Waals surface area contributed by atoms with Crippen LogP contribution >= 0.6 is 27.7 Å². The molecule has 5 nitrogen and oxygen atoms in total. The van der Waals surface area contributed by atoms with Crippen LogP contribution in [0.2, 0.25) is 0 Å². The SMILES string of the molecule is CSc1ccc(S(=O)(=O)Nc2ccc(Br)cc2)cc1C(=O)N1CCCC1. The maximum Gasteiger partial charge on any atom is 0.261 e. The van der Waals surface area contributed by atoms with Gasteiger partial charge in [0.2, 0.25) is 0 Å². The Kier molecular flexibility index (Phi) is 5.94. The quantitative estimate of drug-likeness (QED) is 0.687. The molecule has 0 spiro atoms. The molecule has 2 aromatic rings. The van der Waals surface area contributed by atoms with Gasteiger partial charge in [-0.2, -0.15) is 0 Å². The van der Waals surface area contributed by atoms with Crippen LogP contribution in [0.5, 0.6) is 0 Å². The van der Waals surface area contributed by atoms with Crippen LogP contribution in [0.15, 0.2) is 56.7 Å². The molecule has 0 aromatic heterocycles. The number of halogens is 1. The highest BCUT2D eigenvalue weighted by Crippen LogP contribution is 2.27. The minimum Gasteiger partial charge on any atom is -0.339 e. The maximum absolute atomic E-state index is 12.8. The summed E-state index contributed by atoms with van der Waals surface area (Å²) in [6.07, 6.45) is 3.86. The Morgan fingerprint density at radius 1 is 1.12 bits per heavy atom. The first-order valence-corrected chi connectivity index (χ1v) is 11.7. The van der Waals surface area contributed by atoms with Crippen LogP contribution in [0.4, 0.5) is 5.69 Å². The van der Waals surface area contributed by atoms with Gasteiger partial charge in [-0.25, -0.2) is 8.42 Å². The van der Waals surface area contributed by atoms with E-state index in [4.69, 9.17) is 0 Å². The number of hydrogen-bond donors (Lipinski definition) is 1. The zero-order valence-corrected chi connectivity index (χ0v) is 17.5. The average molecular weight is 455 g/mol. The van der Waals surface area contributed by atoms with Crippen molar-refractivity contribution in [1.29, 1.82) is 0 Å². The molecule has 8 heteroatoms. The van der Waals surface area contributed by atoms with Crippen LogP contribution in [0, 0.1) is 0 Å². The second-order valence-corrected chi connectivity index (χ2v) is 9.42. The van der Waals surface area contributed by atoms with Gasteiger partial charge in [-0.15, -0.1) is 11.8 Å². The van der Waals surface area contributed by atoms with Gasteiger partial charge in [0.15, 0.2) is 0 Å². The van der Waals surface area contributed by atoms with Crippen molar-refractivity contribution in [3.63, 3.8) is 0 Å². The van der Waals surface area contributed by atoms with Crippen LogP contribution in [0.25, 0.3) is 0 Å². The third kappa shape index (κ3) is 4.24. The molecule has 138 valence electrons. The Morgan fingerprint density at radius 2 is 1.77 bits per heavy atom. The molecule has 3 rings (SSSR count). The number of benzene rings is 2. The third-order valence-electron chi connectivity index (χ3n) is 4.20. The minimum absolute atomic E-state index is 0.0840. The van der Waals surface area contributed by atoms with E-state index in [0.717, 1.165) is 35.3 Å². The maximum atomic E-state index is 12.8. The fourth-order valence-corrected chi connectivity index (χ4v) is 4.76. The molecule has 1 fully saturated rings. The van der Waals surface area contributed by atoms with E-state index in [1.165, 1.54) is 23.9 Å². The van der Waals surface area contributed by atoms with Gasteiger partial charge in [0.05, 0.1) is 10.5 Å². The molecule has 1 aliphatic heterocycles. The molecule has 0 bridgehead atoms. The van der Waals surface area contributed by atoms with Gasteiger partial charge in [-0.3, -0.25) is 9.52 Å². The largest absolute Gasteiger partial charge is 0.339 e. The molecule has 1 heterocycles. The van der Waals surface area contributed by atoms with Crippen molar-refractivity contribution in [1.82, 2.24) is 4.90 Å². The number of nitrogens with one attached hydrogen (secondary N) is 1. The number of sulfonamides is 1. The molecule has 2 aromatic carbocycles. The van der Waals surface area contributed by atoms with Crippen molar-refractivity contribution in [2.24, 2.45) is 0 Å². The first-order valence-electron chi connectivity index (χ1n) is 8.16. The van der Waals surface area contributed by atoms with Gasteiger partial charge in [-0.05, 0) is 61.6 Å². The third-order valence-corrected chi connectivity index (χ3v) is 6.90. The number of likely N-dealkylation sites (tertiary alicyclic amines) is 1. The summed E-state index contributed by atoms with van der Waals surface area (Å²) >= 11 is 4.76. The summed E-state index contributed by atoms with van der Waals surface area (Å²) in [5.74, 6) is -0.104. The van der Waals surface area contributed by atoms with E-state index >= 15 is 0 Å². The first kappa shape index (κ1) is 19.3. The molecule has 1 saturated heterocycles. The lowest BCUT2D eigenvalue weighted by molar-refractivity contribution is 0.0789. The van der Waals surface area contributed by atoms with Gasteiger partial charge in [0, 0.05) is 28.1 Å².